The zero-order valence-electron chi connectivity index (χ0n) is 11.5. The van der Waals surface area contributed by atoms with Crippen LogP contribution in [0.1, 0.15) is 10.4 Å². The number of carbonyl (C=O) groups excluding carboxylic acids is 1. The van der Waals surface area contributed by atoms with E-state index in [4.69, 9.17) is 11.6 Å². The zero-order chi connectivity index (χ0) is 14.5. The van der Waals surface area contributed by atoms with Crippen LogP contribution in [-0.2, 0) is 0 Å². The molecule has 1 aliphatic heterocycles. The van der Waals surface area contributed by atoms with Crippen LogP contribution in [0.15, 0.2) is 22.7 Å². The third kappa shape index (κ3) is 3.95. The van der Waals surface area contributed by atoms with Gasteiger partial charge in [-0.3, -0.25) is 9.69 Å². The van der Waals surface area contributed by atoms with Crippen LogP contribution in [-0.4, -0.2) is 62.0 Å². The molecule has 1 fully saturated rings. The Morgan fingerprint density at radius 2 is 2.15 bits per heavy atom. The van der Waals surface area contributed by atoms with Gasteiger partial charge >= 0.3 is 0 Å². The van der Waals surface area contributed by atoms with Crippen LogP contribution < -0.4 is 5.32 Å². The van der Waals surface area contributed by atoms with Gasteiger partial charge in [-0.15, -0.1) is 0 Å². The van der Waals surface area contributed by atoms with E-state index in [1.54, 1.807) is 11.0 Å². The van der Waals surface area contributed by atoms with Crippen LogP contribution >= 0.6 is 27.5 Å². The average Bonchev–Trinajstić information content (AvgIpc) is 2.48. The van der Waals surface area contributed by atoms with Crippen molar-refractivity contribution in [1.29, 1.82) is 0 Å². The molecule has 20 heavy (non-hydrogen) atoms. The van der Waals surface area contributed by atoms with Gasteiger partial charge in [-0.1, -0.05) is 17.7 Å². The van der Waals surface area contributed by atoms with Gasteiger partial charge in [0, 0.05) is 50.8 Å². The van der Waals surface area contributed by atoms with E-state index < -0.39 is 0 Å². The van der Waals surface area contributed by atoms with Gasteiger partial charge in [0.15, 0.2) is 0 Å². The Labute approximate surface area is 133 Å². The van der Waals surface area contributed by atoms with Crippen molar-refractivity contribution in [2.45, 2.75) is 0 Å². The number of amides is 1. The normalized spacial score (nSPS) is 16.1. The predicted molar refractivity (Wildman–Crippen MR) is 85.4 cm³/mol. The lowest BCUT2D eigenvalue weighted by atomic mass is 10.2. The van der Waals surface area contributed by atoms with Gasteiger partial charge in [-0.05, 0) is 28.1 Å². The first-order valence-electron chi connectivity index (χ1n) is 6.72. The second-order valence-corrected chi connectivity index (χ2v) is 6.15. The molecule has 2 rings (SSSR count). The van der Waals surface area contributed by atoms with Gasteiger partial charge in [0.25, 0.3) is 5.91 Å². The average molecular weight is 361 g/mol. The molecule has 0 radical (unpaired) electrons. The maximum atomic E-state index is 12.4. The third-order valence-corrected chi connectivity index (χ3v) is 4.79. The Hall–Kier alpha value is -0.620. The largest absolute Gasteiger partial charge is 0.340 e. The second-order valence-electron chi connectivity index (χ2n) is 4.92. The minimum atomic E-state index is -0.0357. The van der Waals surface area contributed by atoms with Crippen molar-refractivity contribution in [1.82, 2.24) is 15.1 Å². The molecule has 4 nitrogen and oxygen atoms in total. The maximum Gasteiger partial charge on any atom is 0.255 e. The number of carbonyl (C=O) groups is 1. The van der Waals surface area contributed by atoms with Crippen molar-refractivity contribution in [3.8, 4) is 0 Å². The summed E-state index contributed by atoms with van der Waals surface area (Å²) in [6, 6.07) is 5.42. The highest BCUT2D eigenvalue weighted by molar-refractivity contribution is 9.10. The van der Waals surface area contributed by atoms with Gasteiger partial charge in [0.2, 0.25) is 0 Å². The lowest BCUT2D eigenvalue weighted by molar-refractivity contribution is 0.0775. The number of halogens is 2. The van der Waals surface area contributed by atoms with Crippen molar-refractivity contribution < 1.29 is 4.79 Å². The van der Waals surface area contributed by atoms with Crippen LogP contribution in [0.3, 0.4) is 0 Å². The fourth-order valence-electron chi connectivity index (χ4n) is 2.20. The first-order chi connectivity index (χ1) is 9.59. The van der Waals surface area contributed by atoms with E-state index in [1.165, 1.54) is 0 Å². The molecule has 0 aliphatic carbocycles. The number of benzene rings is 1. The van der Waals surface area contributed by atoms with Crippen LogP contribution in [0, 0.1) is 0 Å². The van der Waals surface area contributed by atoms with E-state index in [1.807, 2.05) is 19.2 Å². The van der Waals surface area contributed by atoms with Crippen molar-refractivity contribution in [3.63, 3.8) is 0 Å². The molecule has 0 aromatic heterocycles. The van der Waals surface area contributed by atoms with Crippen molar-refractivity contribution in [2.24, 2.45) is 0 Å². The molecule has 0 unspecified atom stereocenters. The second kappa shape index (κ2) is 7.41. The number of hydrogen-bond acceptors (Lipinski definition) is 3. The predicted octanol–water partition coefficient (Wildman–Crippen LogP) is 2.08. The highest BCUT2D eigenvalue weighted by Crippen LogP contribution is 2.26. The molecule has 0 saturated carbocycles. The van der Waals surface area contributed by atoms with Crippen LogP contribution in [0.25, 0.3) is 0 Å². The van der Waals surface area contributed by atoms with E-state index >= 15 is 0 Å². The summed E-state index contributed by atoms with van der Waals surface area (Å²) >= 11 is 9.52. The smallest absolute Gasteiger partial charge is 0.255 e. The Balaban J connectivity index is 1.92. The molecule has 1 N–H and O–H groups in total. The van der Waals surface area contributed by atoms with E-state index in [-0.39, 0.29) is 5.91 Å². The number of likely N-dealkylation sites (N-methyl/N-ethyl adjacent to an activating group) is 1. The van der Waals surface area contributed by atoms with E-state index in [2.05, 4.69) is 26.1 Å². The standard InChI is InChI=1S/C14H19BrClN3O/c1-18(9-10-19-7-5-17-6-8-19)14(20)11-3-2-4-12(15)13(11)16/h2-4,17H,5-10H2,1H3. The summed E-state index contributed by atoms with van der Waals surface area (Å²) in [6.45, 7) is 5.74. The first-order valence-corrected chi connectivity index (χ1v) is 7.89. The molecule has 0 bridgehead atoms. The number of nitrogens with one attached hydrogen (secondary N) is 1. The molecular formula is C14H19BrClN3O. The molecule has 1 aromatic rings. The Bertz CT molecular complexity index is 477. The van der Waals surface area contributed by atoms with Crippen molar-refractivity contribution in [2.75, 3.05) is 46.3 Å². The highest BCUT2D eigenvalue weighted by Gasteiger charge is 2.17. The lowest BCUT2D eigenvalue weighted by Gasteiger charge is -2.29. The third-order valence-electron chi connectivity index (χ3n) is 3.49. The van der Waals surface area contributed by atoms with Crippen LogP contribution in [0.4, 0.5) is 0 Å². The van der Waals surface area contributed by atoms with Gasteiger partial charge < -0.3 is 10.2 Å². The van der Waals surface area contributed by atoms with Gasteiger partial charge in [0.05, 0.1) is 10.6 Å². The molecular weight excluding hydrogens is 342 g/mol. The minimum Gasteiger partial charge on any atom is -0.340 e. The molecule has 0 atom stereocenters. The molecule has 1 aromatic carbocycles. The molecule has 1 saturated heterocycles. The summed E-state index contributed by atoms with van der Waals surface area (Å²) in [4.78, 5) is 16.5. The number of rotatable bonds is 4. The molecule has 6 heteroatoms. The van der Waals surface area contributed by atoms with Crippen molar-refractivity contribution in [3.05, 3.63) is 33.3 Å². The quantitative estimate of drug-likeness (QED) is 0.893. The van der Waals surface area contributed by atoms with Crippen LogP contribution in [0.2, 0.25) is 5.02 Å². The van der Waals surface area contributed by atoms with E-state index in [0.29, 0.717) is 17.1 Å². The Morgan fingerprint density at radius 1 is 1.45 bits per heavy atom. The summed E-state index contributed by atoms with van der Waals surface area (Å²) in [5.41, 5.74) is 0.545. The molecule has 0 spiro atoms. The fraction of sp³-hybridized carbons (Fsp3) is 0.500. The topological polar surface area (TPSA) is 35.6 Å². The summed E-state index contributed by atoms with van der Waals surface area (Å²) in [6.07, 6.45) is 0. The monoisotopic (exact) mass is 359 g/mol. The SMILES string of the molecule is CN(CCN1CCNCC1)C(=O)c1cccc(Br)c1Cl. The van der Waals surface area contributed by atoms with Gasteiger partial charge in [0.1, 0.15) is 0 Å². The summed E-state index contributed by atoms with van der Waals surface area (Å²) in [5, 5.41) is 3.80. The summed E-state index contributed by atoms with van der Waals surface area (Å²) in [7, 11) is 1.82. The molecule has 1 amide bonds. The number of piperazine rings is 1. The van der Waals surface area contributed by atoms with E-state index in [9.17, 15) is 4.79 Å². The minimum absolute atomic E-state index is 0.0357. The maximum absolute atomic E-state index is 12.4. The molecule has 1 aliphatic rings. The fourth-order valence-corrected chi connectivity index (χ4v) is 2.78. The molecule has 1 heterocycles. The lowest BCUT2D eigenvalue weighted by Crippen LogP contribution is -2.46. The number of nitrogens with zero attached hydrogens (tertiary/aromatic N) is 2. The van der Waals surface area contributed by atoms with Gasteiger partial charge in [-0.2, -0.15) is 0 Å². The summed E-state index contributed by atoms with van der Waals surface area (Å²) < 4.78 is 0.750. The van der Waals surface area contributed by atoms with E-state index in [0.717, 1.165) is 37.2 Å². The Morgan fingerprint density at radius 3 is 2.85 bits per heavy atom. The van der Waals surface area contributed by atoms with Crippen molar-refractivity contribution >= 4 is 33.4 Å². The molecule has 110 valence electrons. The van der Waals surface area contributed by atoms with Crippen LogP contribution in [0.5, 0.6) is 0 Å². The van der Waals surface area contributed by atoms with Gasteiger partial charge in [-0.25, -0.2) is 0 Å². The Kier molecular flexibility index (Phi) is 5.84. The summed E-state index contributed by atoms with van der Waals surface area (Å²) in [5.74, 6) is -0.0357. The zero-order valence-corrected chi connectivity index (χ0v) is 13.9. The number of hydrogen-bond donors (Lipinski definition) is 1. The highest BCUT2D eigenvalue weighted by atomic mass is 79.9. The first kappa shape index (κ1) is 15.8.